The van der Waals surface area contributed by atoms with Gasteiger partial charge in [0.25, 0.3) is 0 Å². The van der Waals surface area contributed by atoms with Crippen LogP contribution in [0.5, 0.6) is 0 Å². The summed E-state index contributed by atoms with van der Waals surface area (Å²) in [5.41, 5.74) is 0.429. The van der Waals surface area contributed by atoms with Crippen LogP contribution in [0.15, 0.2) is 0 Å². The second-order valence-electron chi connectivity index (χ2n) is 7.20. The van der Waals surface area contributed by atoms with E-state index in [2.05, 4.69) is 15.5 Å². The molecule has 4 heteroatoms. The van der Waals surface area contributed by atoms with E-state index in [9.17, 15) is 4.79 Å². The predicted molar refractivity (Wildman–Crippen MR) is 73.8 cm³/mol. The van der Waals surface area contributed by atoms with Crippen LogP contribution >= 0.6 is 0 Å². The van der Waals surface area contributed by atoms with Crippen molar-refractivity contribution >= 4 is 5.91 Å². The van der Waals surface area contributed by atoms with Crippen molar-refractivity contribution in [3.63, 3.8) is 0 Å². The largest absolute Gasteiger partial charge is 0.340 e. The zero-order valence-corrected chi connectivity index (χ0v) is 11.8. The molecule has 2 saturated heterocycles. The molecule has 4 fully saturated rings. The standard InChI is InChI=1S/C15H25N3O/c1-18(13-8-16-9-15(13)6-7-15)14(19)12-5-4-11(17-12)10-2-3-10/h10-13,16-17H,2-9H2,1H3. The number of amides is 1. The summed E-state index contributed by atoms with van der Waals surface area (Å²) in [4.78, 5) is 14.7. The van der Waals surface area contributed by atoms with Gasteiger partial charge in [-0.25, -0.2) is 0 Å². The van der Waals surface area contributed by atoms with Crippen LogP contribution in [0.4, 0.5) is 0 Å². The summed E-state index contributed by atoms with van der Waals surface area (Å²) < 4.78 is 0. The Kier molecular flexibility index (Phi) is 2.68. The number of carbonyl (C=O) groups excluding carboxylic acids is 1. The summed E-state index contributed by atoms with van der Waals surface area (Å²) in [5.74, 6) is 1.20. The van der Waals surface area contributed by atoms with Crippen LogP contribution in [0, 0.1) is 11.3 Å². The first kappa shape index (κ1) is 12.2. The molecule has 2 aliphatic carbocycles. The fourth-order valence-electron chi connectivity index (χ4n) is 4.25. The molecule has 1 amide bonds. The number of hydrogen-bond acceptors (Lipinski definition) is 3. The minimum Gasteiger partial charge on any atom is -0.340 e. The normalized spacial score (nSPS) is 39.7. The number of carbonyl (C=O) groups is 1. The molecule has 4 rings (SSSR count). The van der Waals surface area contributed by atoms with Gasteiger partial charge in [-0.1, -0.05) is 0 Å². The average molecular weight is 263 g/mol. The van der Waals surface area contributed by atoms with Crippen molar-refractivity contribution in [3.05, 3.63) is 0 Å². The third-order valence-corrected chi connectivity index (χ3v) is 5.90. The summed E-state index contributed by atoms with van der Waals surface area (Å²) >= 11 is 0. The quantitative estimate of drug-likeness (QED) is 0.789. The highest BCUT2D eigenvalue weighted by Crippen LogP contribution is 2.52. The van der Waals surface area contributed by atoms with E-state index in [1.165, 1.54) is 32.1 Å². The van der Waals surface area contributed by atoms with Crippen LogP contribution in [0.1, 0.15) is 38.5 Å². The highest BCUT2D eigenvalue weighted by atomic mass is 16.2. The van der Waals surface area contributed by atoms with Crippen molar-refractivity contribution in [1.82, 2.24) is 15.5 Å². The van der Waals surface area contributed by atoms with Gasteiger partial charge in [-0.2, -0.15) is 0 Å². The van der Waals surface area contributed by atoms with Gasteiger partial charge in [0.2, 0.25) is 5.91 Å². The lowest BCUT2D eigenvalue weighted by Crippen LogP contribution is -2.50. The Morgan fingerprint density at radius 3 is 2.68 bits per heavy atom. The lowest BCUT2D eigenvalue weighted by atomic mass is 9.98. The molecule has 2 saturated carbocycles. The van der Waals surface area contributed by atoms with E-state index in [-0.39, 0.29) is 6.04 Å². The summed E-state index contributed by atoms with van der Waals surface area (Å²) in [7, 11) is 2.02. The molecule has 2 N–H and O–H groups in total. The number of nitrogens with one attached hydrogen (secondary N) is 2. The lowest BCUT2D eigenvalue weighted by Gasteiger charge is -2.31. The van der Waals surface area contributed by atoms with Crippen molar-refractivity contribution in [1.29, 1.82) is 0 Å². The smallest absolute Gasteiger partial charge is 0.239 e. The third-order valence-electron chi connectivity index (χ3n) is 5.90. The first-order valence-electron chi connectivity index (χ1n) is 7.93. The maximum atomic E-state index is 12.7. The topological polar surface area (TPSA) is 44.4 Å². The Hall–Kier alpha value is -0.610. The number of nitrogens with zero attached hydrogens (tertiary/aromatic N) is 1. The molecule has 0 aromatic heterocycles. The molecule has 106 valence electrons. The zero-order chi connectivity index (χ0) is 13.0. The highest BCUT2D eigenvalue weighted by molar-refractivity contribution is 5.82. The van der Waals surface area contributed by atoms with E-state index in [0.29, 0.717) is 23.4 Å². The zero-order valence-electron chi connectivity index (χ0n) is 11.8. The number of likely N-dealkylation sites (N-methyl/N-ethyl adjacent to an activating group) is 1. The second kappa shape index (κ2) is 4.19. The van der Waals surface area contributed by atoms with Gasteiger partial charge in [-0.3, -0.25) is 4.79 Å². The average Bonchev–Trinajstić information content (AvgIpc) is 3.29. The number of rotatable bonds is 3. The van der Waals surface area contributed by atoms with Gasteiger partial charge in [0, 0.05) is 31.6 Å². The molecule has 0 bridgehead atoms. The van der Waals surface area contributed by atoms with Gasteiger partial charge in [0.05, 0.1) is 12.1 Å². The number of hydrogen-bond donors (Lipinski definition) is 2. The molecule has 0 aromatic rings. The maximum Gasteiger partial charge on any atom is 0.239 e. The van der Waals surface area contributed by atoms with Crippen molar-refractivity contribution in [2.45, 2.75) is 56.7 Å². The Labute approximate surface area is 115 Å². The van der Waals surface area contributed by atoms with Gasteiger partial charge in [-0.05, 0) is 44.4 Å². The minimum atomic E-state index is 0.0898. The predicted octanol–water partition coefficient (Wildman–Crippen LogP) is 0.727. The van der Waals surface area contributed by atoms with E-state index in [0.717, 1.165) is 25.4 Å². The minimum absolute atomic E-state index is 0.0898. The molecule has 2 heterocycles. The first-order chi connectivity index (χ1) is 9.20. The van der Waals surface area contributed by atoms with Crippen LogP contribution in [0.2, 0.25) is 0 Å². The summed E-state index contributed by atoms with van der Waals surface area (Å²) in [5, 5.41) is 7.07. The van der Waals surface area contributed by atoms with Gasteiger partial charge in [0.1, 0.15) is 0 Å². The van der Waals surface area contributed by atoms with E-state index < -0.39 is 0 Å². The monoisotopic (exact) mass is 263 g/mol. The van der Waals surface area contributed by atoms with Gasteiger partial charge in [0.15, 0.2) is 0 Å². The Morgan fingerprint density at radius 2 is 2.00 bits per heavy atom. The second-order valence-corrected chi connectivity index (χ2v) is 7.20. The van der Waals surface area contributed by atoms with E-state index in [1.807, 2.05) is 7.05 Å². The van der Waals surface area contributed by atoms with Crippen molar-refractivity contribution in [2.75, 3.05) is 20.1 Å². The molecular weight excluding hydrogens is 238 g/mol. The SMILES string of the molecule is CN(C(=O)C1CCC(C2CC2)N1)C1CNCC12CC2. The van der Waals surface area contributed by atoms with Gasteiger partial charge >= 0.3 is 0 Å². The van der Waals surface area contributed by atoms with Crippen molar-refractivity contribution in [3.8, 4) is 0 Å². The van der Waals surface area contributed by atoms with Crippen LogP contribution in [0.3, 0.4) is 0 Å². The Balaban J connectivity index is 1.40. The summed E-state index contributed by atoms with van der Waals surface area (Å²) in [6.07, 6.45) is 7.56. The molecule has 4 aliphatic rings. The van der Waals surface area contributed by atoms with E-state index >= 15 is 0 Å². The van der Waals surface area contributed by atoms with E-state index in [4.69, 9.17) is 0 Å². The molecule has 4 nitrogen and oxygen atoms in total. The Morgan fingerprint density at radius 1 is 1.21 bits per heavy atom. The van der Waals surface area contributed by atoms with Crippen molar-refractivity contribution < 1.29 is 4.79 Å². The van der Waals surface area contributed by atoms with Crippen molar-refractivity contribution in [2.24, 2.45) is 11.3 Å². The molecule has 0 aromatic carbocycles. The molecule has 3 unspecified atom stereocenters. The summed E-state index contributed by atoms with van der Waals surface area (Å²) in [6, 6.07) is 1.15. The van der Waals surface area contributed by atoms with Crippen LogP contribution < -0.4 is 10.6 Å². The fraction of sp³-hybridized carbons (Fsp3) is 0.933. The van der Waals surface area contributed by atoms with Crippen LogP contribution in [-0.4, -0.2) is 49.1 Å². The van der Waals surface area contributed by atoms with Crippen LogP contribution in [0.25, 0.3) is 0 Å². The Bertz CT molecular complexity index is 389. The first-order valence-corrected chi connectivity index (χ1v) is 7.93. The molecule has 3 atom stereocenters. The molecule has 0 radical (unpaired) electrons. The fourth-order valence-corrected chi connectivity index (χ4v) is 4.25. The molecular formula is C15H25N3O. The van der Waals surface area contributed by atoms with E-state index in [1.54, 1.807) is 0 Å². The highest BCUT2D eigenvalue weighted by Gasteiger charge is 2.55. The maximum absolute atomic E-state index is 12.7. The van der Waals surface area contributed by atoms with Crippen LogP contribution in [-0.2, 0) is 4.79 Å². The lowest BCUT2D eigenvalue weighted by molar-refractivity contribution is -0.134. The molecule has 2 aliphatic heterocycles. The molecule has 1 spiro atoms. The van der Waals surface area contributed by atoms with Gasteiger partial charge < -0.3 is 15.5 Å². The third kappa shape index (κ3) is 2.00. The summed E-state index contributed by atoms with van der Waals surface area (Å²) in [6.45, 7) is 2.10. The van der Waals surface area contributed by atoms with Gasteiger partial charge in [-0.15, -0.1) is 0 Å². The molecule has 19 heavy (non-hydrogen) atoms.